The van der Waals surface area contributed by atoms with Crippen molar-refractivity contribution in [2.75, 3.05) is 11.1 Å². The molecule has 0 atom stereocenters. The molecule has 9 heteroatoms. The van der Waals surface area contributed by atoms with E-state index in [4.69, 9.17) is 0 Å². The number of para-hydroxylation sites is 1. The SMILES string of the molecule is CCn1c(SCC(=O)Nc2nnc(-c3ccccc3)s2)nc2ccccc2c1=O. The van der Waals surface area contributed by atoms with Gasteiger partial charge in [-0.1, -0.05) is 65.6 Å². The molecule has 0 spiro atoms. The minimum atomic E-state index is -0.226. The molecule has 2 aromatic heterocycles. The zero-order valence-corrected chi connectivity index (χ0v) is 17.2. The van der Waals surface area contributed by atoms with Gasteiger partial charge in [0.15, 0.2) is 5.16 Å². The third-order valence-electron chi connectivity index (χ3n) is 4.17. The molecule has 29 heavy (non-hydrogen) atoms. The van der Waals surface area contributed by atoms with Gasteiger partial charge in [-0.15, -0.1) is 10.2 Å². The van der Waals surface area contributed by atoms with Gasteiger partial charge in [0.05, 0.1) is 16.7 Å². The summed E-state index contributed by atoms with van der Waals surface area (Å²) in [5.74, 6) is -0.110. The number of fused-ring (bicyclic) bond motifs is 1. The van der Waals surface area contributed by atoms with Crippen molar-refractivity contribution in [1.82, 2.24) is 19.7 Å². The van der Waals surface area contributed by atoms with Crippen LogP contribution in [0.3, 0.4) is 0 Å². The number of nitrogens with one attached hydrogen (secondary N) is 1. The molecule has 0 aliphatic heterocycles. The lowest BCUT2D eigenvalue weighted by Gasteiger charge is -2.10. The number of aromatic nitrogens is 4. The van der Waals surface area contributed by atoms with Gasteiger partial charge in [0.2, 0.25) is 11.0 Å². The van der Waals surface area contributed by atoms with Crippen molar-refractivity contribution in [2.24, 2.45) is 0 Å². The summed E-state index contributed by atoms with van der Waals surface area (Å²) in [5.41, 5.74) is 1.48. The third-order valence-corrected chi connectivity index (χ3v) is 6.03. The lowest BCUT2D eigenvalue weighted by Crippen LogP contribution is -2.23. The second-order valence-corrected chi connectivity index (χ2v) is 8.00. The van der Waals surface area contributed by atoms with E-state index in [1.165, 1.54) is 23.1 Å². The van der Waals surface area contributed by atoms with Crippen molar-refractivity contribution >= 4 is 45.0 Å². The van der Waals surface area contributed by atoms with E-state index < -0.39 is 0 Å². The molecule has 0 unspecified atom stereocenters. The van der Waals surface area contributed by atoms with Crippen LogP contribution in [0, 0.1) is 0 Å². The quantitative estimate of drug-likeness (QED) is 0.376. The molecule has 2 heterocycles. The first-order valence-corrected chi connectivity index (χ1v) is 10.8. The highest BCUT2D eigenvalue weighted by molar-refractivity contribution is 7.99. The lowest BCUT2D eigenvalue weighted by atomic mass is 10.2. The second kappa shape index (κ2) is 8.54. The third kappa shape index (κ3) is 4.20. The first kappa shape index (κ1) is 19.3. The van der Waals surface area contributed by atoms with Crippen molar-refractivity contribution in [1.29, 1.82) is 0 Å². The molecule has 4 aromatic rings. The van der Waals surface area contributed by atoms with E-state index in [9.17, 15) is 9.59 Å². The Morgan fingerprint density at radius 2 is 1.86 bits per heavy atom. The normalized spacial score (nSPS) is 10.9. The van der Waals surface area contributed by atoms with E-state index in [0.29, 0.717) is 27.7 Å². The van der Waals surface area contributed by atoms with E-state index in [0.717, 1.165) is 10.6 Å². The number of rotatable bonds is 6. The highest BCUT2D eigenvalue weighted by Crippen LogP contribution is 2.26. The van der Waals surface area contributed by atoms with Crippen molar-refractivity contribution in [3.05, 3.63) is 65.0 Å². The van der Waals surface area contributed by atoms with Crippen LogP contribution in [0.4, 0.5) is 5.13 Å². The second-order valence-electron chi connectivity index (χ2n) is 6.08. The Kier molecular flexibility index (Phi) is 5.68. The number of nitrogens with zero attached hydrogens (tertiary/aromatic N) is 4. The largest absolute Gasteiger partial charge is 0.300 e. The maximum absolute atomic E-state index is 12.6. The van der Waals surface area contributed by atoms with Crippen molar-refractivity contribution in [2.45, 2.75) is 18.6 Å². The Balaban J connectivity index is 1.46. The van der Waals surface area contributed by atoms with Gasteiger partial charge < -0.3 is 0 Å². The van der Waals surface area contributed by atoms with Crippen LogP contribution >= 0.6 is 23.1 Å². The van der Waals surface area contributed by atoms with Gasteiger partial charge in [-0.2, -0.15) is 0 Å². The minimum absolute atomic E-state index is 0.0994. The Labute approximate surface area is 174 Å². The number of benzene rings is 2. The topological polar surface area (TPSA) is 89.8 Å². The van der Waals surface area contributed by atoms with Crippen LogP contribution in [0.25, 0.3) is 21.5 Å². The molecule has 1 N–H and O–H groups in total. The molecule has 0 aliphatic rings. The summed E-state index contributed by atoms with van der Waals surface area (Å²) < 4.78 is 1.58. The molecule has 1 amide bonds. The van der Waals surface area contributed by atoms with Crippen LogP contribution < -0.4 is 10.9 Å². The van der Waals surface area contributed by atoms with Crippen LogP contribution in [-0.2, 0) is 11.3 Å². The van der Waals surface area contributed by atoms with Gasteiger partial charge in [-0.25, -0.2) is 4.98 Å². The Morgan fingerprint density at radius 3 is 2.66 bits per heavy atom. The maximum Gasteiger partial charge on any atom is 0.262 e. The van der Waals surface area contributed by atoms with Crippen LogP contribution in [0.15, 0.2) is 64.5 Å². The molecule has 0 saturated heterocycles. The molecular formula is C20H17N5O2S2. The average molecular weight is 424 g/mol. The van der Waals surface area contributed by atoms with Crippen LogP contribution in [-0.4, -0.2) is 31.4 Å². The average Bonchev–Trinajstić information content (AvgIpc) is 3.21. The number of anilines is 1. The molecule has 146 valence electrons. The minimum Gasteiger partial charge on any atom is -0.300 e. The van der Waals surface area contributed by atoms with Gasteiger partial charge in [-0.3, -0.25) is 19.5 Å². The number of hydrogen-bond donors (Lipinski definition) is 1. The number of amides is 1. The van der Waals surface area contributed by atoms with Crippen LogP contribution in [0.5, 0.6) is 0 Å². The Bertz CT molecular complexity index is 1220. The summed E-state index contributed by atoms with van der Waals surface area (Å²) in [4.78, 5) is 29.6. The molecule has 0 fully saturated rings. The lowest BCUT2D eigenvalue weighted by molar-refractivity contribution is -0.113. The molecule has 0 saturated carbocycles. The maximum atomic E-state index is 12.6. The van der Waals surface area contributed by atoms with Crippen molar-refractivity contribution < 1.29 is 4.79 Å². The fourth-order valence-electron chi connectivity index (χ4n) is 2.79. The van der Waals surface area contributed by atoms with Crippen LogP contribution in [0.2, 0.25) is 0 Å². The molecule has 0 bridgehead atoms. The predicted molar refractivity (Wildman–Crippen MR) is 116 cm³/mol. The van der Waals surface area contributed by atoms with Gasteiger partial charge in [0.1, 0.15) is 5.01 Å². The fourth-order valence-corrected chi connectivity index (χ4v) is 4.42. The van der Waals surface area contributed by atoms with Crippen LogP contribution in [0.1, 0.15) is 6.92 Å². The zero-order valence-electron chi connectivity index (χ0n) is 15.5. The molecule has 0 radical (unpaired) electrons. The number of carbonyl (C=O) groups is 1. The summed E-state index contributed by atoms with van der Waals surface area (Å²) >= 11 is 2.54. The number of thioether (sulfide) groups is 1. The monoisotopic (exact) mass is 423 g/mol. The van der Waals surface area contributed by atoms with Gasteiger partial charge in [0, 0.05) is 12.1 Å². The van der Waals surface area contributed by atoms with Gasteiger partial charge >= 0.3 is 0 Å². The van der Waals surface area contributed by atoms with Crippen molar-refractivity contribution in [3.63, 3.8) is 0 Å². The van der Waals surface area contributed by atoms with Crippen molar-refractivity contribution in [3.8, 4) is 10.6 Å². The van der Waals surface area contributed by atoms with E-state index in [2.05, 4.69) is 20.5 Å². The zero-order chi connectivity index (χ0) is 20.2. The molecule has 2 aromatic carbocycles. The molecule has 4 rings (SSSR count). The fraction of sp³-hybridized carbons (Fsp3) is 0.150. The standard InChI is InChI=1S/C20H17N5O2S2/c1-2-25-18(27)14-10-6-7-11-15(14)21-20(25)28-12-16(26)22-19-24-23-17(29-19)13-8-4-3-5-9-13/h3-11H,2,12H2,1H3,(H,22,24,26). The van der Waals surface area contributed by atoms with E-state index in [1.807, 2.05) is 49.4 Å². The number of hydrogen-bond acceptors (Lipinski definition) is 7. The van der Waals surface area contributed by atoms with E-state index in [-0.39, 0.29) is 17.2 Å². The molecule has 7 nitrogen and oxygen atoms in total. The Hall–Kier alpha value is -3.04. The highest BCUT2D eigenvalue weighted by Gasteiger charge is 2.14. The number of carbonyl (C=O) groups excluding carboxylic acids is 1. The van der Waals surface area contributed by atoms with Gasteiger partial charge in [-0.05, 0) is 19.1 Å². The summed E-state index contributed by atoms with van der Waals surface area (Å²) in [5, 5.41) is 13.2. The molecule has 0 aliphatic carbocycles. The first-order chi connectivity index (χ1) is 14.2. The summed E-state index contributed by atoms with van der Waals surface area (Å²) in [7, 11) is 0. The smallest absolute Gasteiger partial charge is 0.262 e. The predicted octanol–water partition coefficient (Wildman–Crippen LogP) is 3.67. The van der Waals surface area contributed by atoms with E-state index in [1.54, 1.807) is 16.7 Å². The first-order valence-electron chi connectivity index (χ1n) is 8.97. The van der Waals surface area contributed by atoms with Gasteiger partial charge in [0.25, 0.3) is 5.56 Å². The summed E-state index contributed by atoms with van der Waals surface area (Å²) in [6.07, 6.45) is 0. The van der Waals surface area contributed by atoms with E-state index >= 15 is 0 Å². The summed E-state index contributed by atoms with van der Waals surface area (Å²) in [6.45, 7) is 2.37. The Morgan fingerprint density at radius 1 is 1.10 bits per heavy atom. The summed E-state index contributed by atoms with van der Waals surface area (Å²) in [6, 6.07) is 16.9. The molecular weight excluding hydrogens is 406 g/mol. The highest BCUT2D eigenvalue weighted by atomic mass is 32.2.